The van der Waals surface area contributed by atoms with Crippen LogP contribution >= 0.6 is 0 Å². The lowest BCUT2D eigenvalue weighted by Crippen LogP contribution is -2.34. The minimum atomic E-state index is 1.24. The van der Waals surface area contributed by atoms with Gasteiger partial charge in [0.25, 0.3) is 0 Å². The SMILES string of the molecule is [SiH3]N([SiH3])N([SiH3])[SiH3]. The second-order valence-electron chi connectivity index (χ2n) is 1.69. The quantitative estimate of drug-likeness (QED) is 0.274. The molecule has 0 N–H and O–H groups in total. The predicted molar refractivity (Wildman–Crippen MR) is 43.4 cm³/mol. The van der Waals surface area contributed by atoms with Gasteiger partial charge in [-0.3, -0.25) is 0 Å². The molecule has 0 fully saturated rings. The van der Waals surface area contributed by atoms with Crippen LogP contribution < -0.4 is 0 Å². The molecule has 0 saturated heterocycles. The van der Waals surface area contributed by atoms with Gasteiger partial charge in [-0.1, -0.05) is 0 Å². The Morgan fingerprint density at radius 1 is 0.667 bits per heavy atom. The maximum atomic E-state index is 2.40. The first-order valence-corrected chi connectivity index (χ1v) is 5.57. The molecule has 0 heterocycles. The van der Waals surface area contributed by atoms with Crippen LogP contribution in [0.15, 0.2) is 0 Å². The number of hydrogen-bond donors (Lipinski definition) is 0. The van der Waals surface area contributed by atoms with Gasteiger partial charge in [-0.25, -0.2) is 0 Å². The molecule has 0 aliphatic rings. The summed E-state index contributed by atoms with van der Waals surface area (Å²) in [5.41, 5.74) is 0. The van der Waals surface area contributed by atoms with Gasteiger partial charge >= 0.3 is 0 Å². The number of hydrazine groups is 1. The summed E-state index contributed by atoms with van der Waals surface area (Å²) < 4.78 is 4.80. The normalized spacial score (nSPS) is 13.0. The summed E-state index contributed by atoms with van der Waals surface area (Å²) in [5.74, 6) is 0. The van der Waals surface area contributed by atoms with Crippen LogP contribution in [0.3, 0.4) is 0 Å². The lowest BCUT2D eigenvalue weighted by atomic mass is 12.9. The summed E-state index contributed by atoms with van der Waals surface area (Å²) in [6.45, 7) is 0. The second kappa shape index (κ2) is 2.88. The van der Waals surface area contributed by atoms with Gasteiger partial charge in [0.05, 0.1) is 41.6 Å². The van der Waals surface area contributed by atoms with Gasteiger partial charge < -0.3 is 8.68 Å². The van der Waals surface area contributed by atoms with Crippen molar-refractivity contribution in [1.82, 2.24) is 8.68 Å². The first kappa shape index (κ1) is 6.79. The third-order valence-electron chi connectivity index (χ3n) is 0.800. The molecule has 38 valence electrons. The highest BCUT2D eigenvalue weighted by Crippen LogP contribution is 1.66. The van der Waals surface area contributed by atoms with Crippen molar-refractivity contribution in [1.29, 1.82) is 0 Å². The zero-order valence-electron chi connectivity index (χ0n) is 4.89. The van der Waals surface area contributed by atoms with Crippen molar-refractivity contribution >= 4 is 41.6 Å². The first-order valence-electron chi connectivity index (χ1n) is 1.99. The summed E-state index contributed by atoms with van der Waals surface area (Å²) in [7, 11) is 4.98. The maximum absolute atomic E-state index is 2.40. The molecule has 0 aliphatic carbocycles. The van der Waals surface area contributed by atoms with Gasteiger partial charge in [-0.05, 0) is 0 Å². The molecule has 0 aliphatic heterocycles. The highest BCUT2D eigenvalue weighted by Gasteiger charge is 1.83. The number of nitrogens with zero attached hydrogens (tertiary/aromatic N) is 2. The summed E-state index contributed by atoms with van der Waals surface area (Å²) in [6.07, 6.45) is 0. The lowest BCUT2D eigenvalue weighted by Gasteiger charge is -2.19. The monoisotopic (exact) mass is 152 g/mol. The van der Waals surface area contributed by atoms with E-state index in [9.17, 15) is 0 Å². The summed E-state index contributed by atoms with van der Waals surface area (Å²) in [5, 5.41) is 0. The van der Waals surface area contributed by atoms with Crippen LogP contribution in [0.1, 0.15) is 0 Å². The Morgan fingerprint density at radius 2 is 0.833 bits per heavy atom. The predicted octanol–water partition coefficient (Wildman–Crippen LogP) is -5.37. The van der Waals surface area contributed by atoms with E-state index in [1.54, 1.807) is 0 Å². The Bertz CT molecular complexity index is 26.5. The maximum Gasteiger partial charge on any atom is 0.0856 e. The Morgan fingerprint density at radius 3 is 0.833 bits per heavy atom. The van der Waals surface area contributed by atoms with Gasteiger partial charge in [0, 0.05) is 0 Å². The third kappa shape index (κ3) is 3.00. The van der Waals surface area contributed by atoms with Crippen LogP contribution in [-0.2, 0) is 0 Å². The van der Waals surface area contributed by atoms with Gasteiger partial charge in [0.1, 0.15) is 0 Å². The van der Waals surface area contributed by atoms with E-state index in [0.29, 0.717) is 0 Å². The van der Waals surface area contributed by atoms with Crippen LogP contribution in [0, 0.1) is 0 Å². The van der Waals surface area contributed by atoms with E-state index < -0.39 is 0 Å². The first-order chi connectivity index (χ1) is 2.64. The summed E-state index contributed by atoms with van der Waals surface area (Å²) in [4.78, 5) is 0. The molecule has 0 unspecified atom stereocenters. The largest absolute Gasteiger partial charge is 0.316 e. The fraction of sp³-hybridized carbons (Fsp3) is 0. The average Bonchev–Trinajstić information content (AvgIpc) is 1.36. The van der Waals surface area contributed by atoms with E-state index in [1.165, 1.54) is 41.6 Å². The van der Waals surface area contributed by atoms with Crippen molar-refractivity contribution < 1.29 is 0 Å². The van der Waals surface area contributed by atoms with Crippen molar-refractivity contribution in [3.8, 4) is 0 Å². The molecule has 6 heteroatoms. The van der Waals surface area contributed by atoms with Crippen LogP contribution in [0.5, 0.6) is 0 Å². The number of rotatable bonds is 1. The van der Waals surface area contributed by atoms with Crippen LogP contribution in [0.4, 0.5) is 0 Å². The van der Waals surface area contributed by atoms with Crippen molar-refractivity contribution in [3.63, 3.8) is 0 Å². The zero-order valence-corrected chi connectivity index (χ0v) is 12.9. The average molecular weight is 152 g/mol. The van der Waals surface area contributed by atoms with Crippen LogP contribution in [0.2, 0.25) is 0 Å². The fourth-order valence-corrected chi connectivity index (χ4v) is 0. The molecule has 0 atom stereocenters. The van der Waals surface area contributed by atoms with E-state index in [4.69, 9.17) is 0 Å². The van der Waals surface area contributed by atoms with Crippen molar-refractivity contribution in [3.05, 3.63) is 0 Å². The molecule has 0 aromatic heterocycles. The van der Waals surface area contributed by atoms with Gasteiger partial charge in [0.2, 0.25) is 0 Å². The summed E-state index contributed by atoms with van der Waals surface area (Å²) >= 11 is 0. The van der Waals surface area contributed by atoms with Crippen molar-refractivity contribution in [2.75, 3.05) is 0 Å². The van der Waals surface area contributed by atoms with Crippen molar-refractivity contribution in [2.45, 2.75) is 0 Å². The molecule has 0 aromatic carbocycles. The Kier molecular flexibility index (Phi) is 3.26. The molecule has 6 heavy (non-hydrogen) atoms. The molecule has 0 rings (SSSR count). The highest BCUT2D eigenvalue weighted by molar-refractivity contribution is 6.33. The Labute approximate surface area is 50.9 Å². The number of hydrogen-bond acceptors (Lipinski definition) is 2. The van der Waals surface area contributed by atoms with E-state index in [2.05, 4.69) is 8.68 Å². The molecule has 0 spiro atoms. The second-order valence-corrected chi connectivity index (χ2v) is 10.4. The smallest absolute Gasteiger partial charge is 0.0856 e. The third-order valence-corrected chi connectivity index (χ3v) is 7.20. The molecule has 0 amide bonds. The van der Waals surface area contributed by atoms with Gasteiger partial charge in [0.15, 0.2) is 0 Å². The molecule has 0 bridgehead atoms. The van der Waals surface area contributed by atoms with E-state index >= 15 is 0 Å². The van der Waals surface area contributed by atoms with Crippen LogP contribution in [-0.4, -0.2) is 50.3 Å². The Balaban J connectivity index is 2.99. The topological polar surface area (TPSA) is 6.48 Å². The van der Waals surface area contributed by atoms with Gasteiger partial charge in [-0.2, -0.15) is 0 Å². The highest BCUT2D eigenvalue weighted by atomic mass is 28.2. The lowest BCUT2D eigenvalue weighted by molar-refractivity contribution is 0.462. The summed E-state index contributed by atoms with van der Waals surface area (Å²) in [6, 6.07) is 0. The molecule has 0 saturated carbocycles. The van der Waals surface area contributed by atoms with E-state index in [-0.39, 0.29) is 0 Å². The molecule has 2 nitrogen and oxygen atoms in total. The van der Waals surface area contributed by atoms with E-state index in [1.807, 2.05) is 0 Å². The minimum Gasteiger partial charge on any atom is -0.316 e. The standard InChI is InChI=1S/H12N2Si4/c3-1(4)2(5)6/h3-6H3. The van der Waals surface area contributed by atoms with Crippen molar-refractivity contribution in [2.24, 2.45) is 0 Å². The fourth-order valence-electron chi connectivity index (χ4n) is 0. The zero-order chi connectivity index (χ0) is 5.15. The Hall–Kier alpha value is 0.788. The molecular weight excluding hydrogens is 140 g/mol. The minimum absolute atomic E-state index is 1.24. The molecular formula is H12N2Si4. The van der Waals surface area contributed by atoms with E-state index in [0.717, 1.165) is 0 Å². The molecule has 0 radical (unpaired) electrons. The van der Waals surface area contributed by atoms with Crippen LogP contribution in [0.25, 0.3) is 0 Å². The van der Waals surface area contributed by atoms with Gasteiger partial charge in [-0.15, -0.1) is 0 Å². The molecule has 0 aromatic rings.